The van der Waals surface area contributed by atoms with Gasteiger partial charge in [0.25, 0.3) is 0 Å². The fourth-order valence-corrected chi connectivity index (χ4v) is 1.33. The van der Waals surface area contributed by atoms with Crippen molar-refractivity contribution in [2.45, 2.75) is 25.5 Å². The van der Waals surface area contributed by atoms with E-state index in [9.17, 15) is 4.79 Å². The maximum Gasteiger partial charge on any atom is 0.303 e. The Morgan fingerprint density at radius 2 is 2.45 bits per heavy atom. The van der Waals surface area contributed by atoms with Crippen molar-refractivity contribution in [1.82, 2.24) is 0 Å². The number of carboxylic acid groups (broad SMARTS) is 1. The van der Waals surface area contributed by atoms with Gasteiger partial charge in [-0.05, 0) is 18.8 Å². The van der Waals surface area contributed by atoms with E-state index in [2.05, 4.69) is 0 Å². The first-order chi connectivity index (χ1) is 5.18. The number of rotatable bonds is 2. The molecule has 0 bridgehead atoms. The molecule has 1 heterocycles. The summed E-state index contributed by atoms with van der Waals surface area (Å²) in [4.78, 5) is 10.3. The lowest BCUT2D eigenvalue weighted by Gasteiger charge is -2.25. The third kappa shape index (κ3) is 2.86. The molecule has 0 spiro atoms. The van der Waals surface area contributed by atoms with Crippen molar-refractivity contribution >= 4 is 5.97 Å². The minimum atomic E-state index is -0.746. The molecular formula is C7H13NO3. The average molecular weight is 159 g/mol. The number of hydrogen-bond acceptors (Lipinski definition) is 3. The van der Waals surface area contributed by atoms with Gasteiger partial charge in [-0.1, -0.05) is 0 Å². The van der Waals surface area contributed by atoms with E-state index >= 15 is 0 Å². The van der Waals surface area contributed by atoms with Crippen molar-refractivity contribution in [3.05, 3.63) is 0 Å². The molecule has 4 heteroatoms. The van der Waals surface area contributed by atoms with Crippen LogP contribution in [0.15, 0.2) is 0 Å². The Labute approximate surface area is 65.3 Å². The third-order valence-electron chi connectivity index (χ3n) is 1.89. The van der Waals surface area contributed by atoms with Crippen LogP contribution in [0.5, 0.6) is 0 Å². The summed E-state index contributed by atoms with van der Waals surface area (Å²) in [5, 5.41) is 8.47. The molecule has 0 saturated carbocycles. The fourth-order valence-electron chi connectivity index (χ4n) is 1.33. The van der Waals surface area contributed by atoms with E-state index in [1.165, 1.54) is 0 Å². The maximum atomic E-state index is 10.3. The van der Waals surface area contributed by atoms with Crippen molar-refractivity contribution in [1.29, 1.82) is 0 Å². The van der Waals surface area contributed by atoms with Gasteiger partial charge in [0.2, 0.25) is 0 Å². The highest BCUT2D eigenvalue weighted by molar-refractivity contribution is 5.67. The Kier molecular flexibility index (Phi) is 2.84. The van der Waals surface area contributed by atoms with Crippen LogP contribution in [-0.4, -0.2) is 23.9 Å². The second kappa shape index (κ2) is 3.69. The molecule has 0 aromatic heterocycles. The summed E-state index contributed by atoms with van der Waals surface area (Å²) < 4.78 is 5.07. The monoisotopic (exact) mass is 159 g/mol. The summed E-state index contributed by atoms with van der Waals surface area (Å²) in [5.41, 5.74) is 5.49. The topological polar surface area (TPSA) is 72.6 Å². The highest BCUT2D eigenvalue weighted by Crippen LogP contribution is 2.20. The van der Waals surface area contributed by atoms with Crippen molar-refractivity contribution < 1.29 is 14.6 Å². The summed E-state index contributed by atoms with van der Waals surface area (Å²) >= 11 is 0. The van der Waals surface area contributed by atoms with Gasteiger partial charge in [0.15, 0.2) is 0 Å². The van der Waals surface area contributed by atoms with Crippen molar-refractivity contribution in [3.8, 4) is 0 Å². The molecule has 0 radical (unpaired) electrons. The largest absolute Gasteiger partial charge is 0.481 e. The average Bonchev–Trinajstić information content (AvgIpc) is 1.85. The summed E-state index contributed by atoms with van der Waals surface area (Å²) in [6.45, 7) is 0.596. The number of hydrogen-bond donors (Lipinski definition) is 2. The van der Waals surface area contributed by atoms with E-state index in [1.54, 1.807) is 0 Å². The van der Waals surface area contributed by atoms with Crippen LogP contribution in [0.4, 0.5) is 0 Å². The van der Waals surface area contributed by atoms with E-state index in [1.807, 2.05) is 0 Å². The molecule has 0 aromatic rings. The van der Waals surface area contributed by atoms with E-state index in [0.717, 1.165) is 6.42 Å². The van der Waals surface area contributed by atoms with Gasteiger partial charge in [-0.3, -0.25) is 4.79 Å². The Bertz CT molecular complexity index is 149. The molecule has 0 amide bonds. The van der Waals surface area contributed by atoms with Gasteiger partial charge in [-0.2, -0.15) is 0 Å². The molecule has 2 atom stereocenters. The van der Waals surface area contributed by atoms with Crippen LogP contribution < -0.4 is 5.73 Å². The molecule has 0 aromatic carbocycles. The fraction of sp³-hybridized carbons (Fsp3) is 0.857. The molecule has 3 N–H and O–H groups in total. The minimum absolute atomic E-state index is 0.205. The number of carboxylic acids is 1. The molecule has 0 unspecified atom stereocenters. The number of ether oxygens (including phenoxy) is 1. The quantitative estimate of drug-likeness (QED) is 0.602. The molecular weight excluding hydrogens is 146 g/mol. The van der Waals surface area contributed by atoms with E-state index in [4.69, 9.17) is 15.6 Å². The van der Waals surface area contributed by atoms with Gasteiger partial charge in [-0.25, -0.2) is 0 Å². The molecule has 1 rings (SSSR count). The molecule has 1 aliphatic heterocycles. The van der Waals surface area contributed by atoms with Gasteiger partial charge in [0.05, 0.1) is 0 Å². The lowest BCUT2D eigenvalue weighted by Crippen LogP contribution is -2.33. The van der Waals surface area contributed by atoms with E-state index < -0.39 is 5.97 Å². The second-order valence-electron chi connectivity index (χ2n) is 2.90. The Hall–Kier alpha value is -0.610. The zero-order valence-electron chi connectivity index (χ0n) is 6.32. The smallest absolute Gasteiger partial charge is 0.303 e. The minimum Gasteiger partial charge on any atom is -0.481 e. The Morgan fingerprint density at radius 3 is 3.00 bits per heavy atom. The number of aliphatic carboxylic acids is 1. The first-order valence-electron chi connectivity index (χ1n) is 3.77. The molecule has 1 aliphatic rings. The van der Waals surface area contributed by atoms with Crippen molar-refractivity contribution in [2.24, 2.45) is 11.7 Å². The molecule has 4 nitrogen and oxygen atoms in total. The highest BCUT2D eigenvalue weighted by Gasteiger charge is 2.21. The van der Waals surface area contributed by atoms with Gasteiger partial charge >= 0.3 is 5.97 Å². The SMILES string of the molecule is N[C@@H]1C[C@H](CC(=O)O)CCO1. The van der Waals surface area contributed by atoms with Crippen LogP contribution in [-0.2, 0) is 9.53 Å². The Morgan fingerprint density at radius 1 is 1.73 bits per heavy atom. The predicted octanol–water partition coefficient (Wildman–Crippen LogP) is 0.172. The molecule has 1 fully saturated rings. The van der Waals surface area contributed by atoms with E-state index in [0.29, 0.717) is 13.0 Å². The summed E-state index contributed by atoms with van der Waals surface area (Å²) in [7, 11) is 0. The molecule has 64 valence electrons. The molecule has 0 aliphatic carbocycles. The van der Waals surface area contributed by atoms with Gasteiger partial charge in [0, 0.05) is 13.0 Å². The van der Waals surface area contributed by atoms with Crippen LogP contribution in [0.1, 0.15) is 19.3 Å². The van der Waals surface area contributed by atoms with Crippen molar-refractivity contribution in [3.63, 3.8) is 0 Å². The standard InChI is InChI=1S/C7H13NO3/c8-6-3-5(1-2-11-6)4-7(9)10/h5-6H,1-4,8H2,(H,9,10)/t5-,6+/m1/s1. The molecule has 11 heavy (non-hydrogen) atoms. The van der Waals surface area contributed by atoms with E-state index in [-0.39, 0.29) is 18.6 Å². The number of nitrogens with two attached hydrogens (primary N) is 1. The maximum absolute atomic E-state index is 10.3. The zero-order valence-corrected chi connectivity index (χ0v) is 6.32. The van der Waals surface area contributed by atoms with Crippen LogP contribution in [0.3, 0.4) is 0 Å². The van der Waals surface area contributed by atoms with Gasteiger partial charge < -0.3 is 15.6 Å². The van der Waals surface area contributed by atoms with Crippen LogP contribution in [0, 0.1) is 5.92 Å². The van der Waals surface area contributed by atoms with Crippen LogP contribution in [0.2, 0.25) is 0 Å². The first kappa shape index (κ1) is 8.49. The second-order valence-corrected chi connectivity index (χ2v) is 2.90. The lowest BCUT2D eigenvalue weighted by atomic mass is 9.95. The first-order valence-corrected chi connectivity index (χ1v) is 3.77. The number of carbonyl (C=O) groups is 1. The van der Waals surface area contributed by atoms with Crippen molar-refractivity contribution in [2.75, 3.05) is 6.61 Å². The zero-order chi connectivity index (χ0) is 8.27. The predicted molar refractivity (Wildman–Crippen MR) is 38.9 cm³/mol. The van der Waals surface area contributed by atoms with Gasteiger partial charge in [-0.15, -0.1) is 0 Å². The summed E-state index contributed by atoms with van der Waals surface area (Å²) in [6.07, 6.45) is 1.46. The third-order valence-corrected chi connectivity index (χ3v) is 1.89. The Balaban J connectivity index is 2.28. The van der Waals surface area contributed by atoms with Crippen LogP contribution >= 0.6 is 0 Å². The summed E-state index contributed by atoms with van der Waals surface area (Å²) in [6, 6.07) is 0. The highest BCUT2D eigenvalue weighted by atomic mass is 16.5. The molecule has 1 saturated heterocycles. The van der Waals surface area contributed by atoms with Gasteiger partial charge in [0.1, 0.15) is 6.23 Å². The normalized spacial score (nSPS) is 31.7. The lowest BCUT2D eigenvalue weighted by molar-refractivity contribution is -0.139. The summed E-state index contributed by atoms with van der Waals surface area (Å²) in [5.74, 6) is -0.541. The van der Waals surface area contributed by atoms with Crippen LogP contribution in [0.25, 0.3) is 0 Å².